The predicted octanol–water partition coefficient (Wildman–Crippen LogP) is 4.47. The summed E-state index contributed by atoms with van der Waals surface area (Å²) in [5.41, 5.74) is 3.97. The first-order valence-corrected chi connectivity index (χ1v) is 11.5. The average molecular weight is 454 g/mol. The molecule has 1 fully saturated rings. The molecule has 0 bridgehead atoms. The molecule has 0 saturated carbocycles. The van der Waals surface area contributed by atoms with Gasteiger partial charge < -0.3 is 15.0 Å². The fourth-order valence-corrected chi connectivity index (χ4v) is 4.15. The number of hydrogen-bond acceptors (Lipinski definition) is 5. The Hall–Kier alpha value is -4.13. The van der Waals surface area contributed by atoms with Gasteiger partial charge in [0.1, 0.15) is 11.6 Å². The molecule has 2 aromatic carbocycles. The first-order chi connectivity index (χ1) is 16.7. The number of carbonyl (C=O) groups excluding carboxylic acids is 1. The van der Waals surface area contributed by atoms with Gasteiger partial charge in [0.25, 0.3) is 5.91 Å². The zero-order chi connectivity index (χ0) is 23.3. The monoisotopic (exact) mass is 453 g/mol. The van der Waals surface area contributed by atoms with Gasteiger partial charge in [-0.2, -0.15) is 5.10 Å². The zero-order valence-corrected chi connectivity index (χ0v) is 19.1. The van der Waals surface area contributed by atoms with E-state index in [1.165, 1.54) is 12.8 Å². The van der Waals surface area contributed by atoms with Crippen molar-refractivity contribution in [3.8, 4) is 22.7 Å². The second kappa shape index (κ2) is 9.79. The van der Waals surface area contributed by atoms with E-state index in [0.717, 1.165) is 47.2 Å². The topological polar surface area (TPSA) is 72.3 Å². The number of nitrogens with zero attached hydrogens (tertiary/aromatic N) is 4. The molecule has 0 spiro atoms. The molecule has 0 unspecified atom stereocenters. The second-order valence-electron chi connectivity index (χ2n) is 8.29. The van der Waals surface area contributed by atoms with Crippen LogP contribution in [0.2, 0.25) is 0 Å². The van der Waals surface area contributed by atoms with Crippen LogP contribution in [0.15, 0.2) is 79.0 Å². The Morgan fingerprint density at radius 3 is 2.44 bits per heavy atom. The molecule has 1 amide bonds. The maximum Gasteiger partial charge on any atom is 0.272 e. The van der Waals surface area contributed by atoms with Crippen molar-refractivity contribution in [3.05, 3.63) is 90.3 Å². The molecule has 0 atom stereocenters. The van der Waals surface area contributed by atoms with E-state index in [4.69, 9.17) is 4.74 Å². The van der Waals surface area contributed by atoms with Gasteiger partial charge in [0.05, 0.1) is 18.5 Å². The summed E-state index contributed by atoms with van der Waals surface area (Å²) in [4.78, 5) is 19.8. The maximum atomic E-state index is 13.0. The third-order valence-electron chi connectivity index (χ3n) is 6.02. The maximum absolute atomic E-state index is 13.0. The van der Waals surface area contributed by atoms with Crippen molar-refractivity contribution in [2.45, 2.75) is 19.4 Å². The number of ether oxygens (including phenoxy) is 1. The number of nitrogens with one attached hydrogen (secondary N) is 1. The van der Waals surface area contributed by atoms with Gasteiger partial charge in [-0.05, 0) is 66.9 Å². The first kappa shape index (κ1) is 21.7. The van der Waals surface area contributed by atoms with Crippen LogP contribution < -0.4 is 15.0 Å². The molecule has 2 aromatic heterocycles. The highest BCUT2D eigenvalue weighted by Gasteiger charge is 2.17. The van der Waals surface area contributed by atoms with Gasteiger partial charge in [0, 0.05) is 31.4 Å². The average Bonchev–Trinajstić information content (AvgIpc) is 3.59. The highest BCUT2D eigenvalue weighted by atomic mass is 16.5. The summed E-state index contributed by atoms with van der Waals surface area (Å²) in [6.07, 6.45) is 4.26. The van der Waals surface area contributed by atoms with Crippen LogP contribution in [0.3, 0.4) is 0 Å². The number of carbonyl (C=O) groups is 1. The summed E-state index contributed by atoms with van der Waals surface area (Å²) in [5, 5.41) is 7.61. The molecule has 4 aromatic rings. The Labute approximate surface area is 199 Å². The van der Waals surface area contributed by atoms with E-state index in [0.29, 0.717) is 12.2 Å². The number of aromatic nitrogens is 3. The molecule has 0 radical (unpaired) electrons. The van der Waals surface area contributed by atoms with Crippen molar-refractivity contribution < 1.29 is 9.53 Å². The lowest BCUT2D eigenvalue weighted by molar-refractivity contribution is 0.0945. The highest BCUT2D eigenvalue weighted by Crippen LogP contribution is 2.26. The summed E-state index contributed by atoms with van der Waals surface area (Å²) >= 11 is 0. The third kappa shape index (κ3) is 4.64. The normalized spacial score (nSPS) is 13.1. The van der Waals surface area contributed by atoms with Crippen LogP contribution in [0.25, 0.3) is 16.9 Å². The quantitative estimate of drug-likeness (QED) is 0.447. The van der Waals surface area contributed by atoms with Gasteiger partial charge in [-0.25, -0.2) is 9.67 Å². The number of hydrogen-bond donors (Lipinski definition) is 1. The van der Waals surface area contributed by atoms with Crippen LogP contribution in [0.4, 0.5) is 5.82 Å². The molecule has 3 heterocycles. The highest BCUT2D eigenvalue weighted by molar-refractivity contribution is 5.93. The Bertz CT molecular complexity index is 1240. The van der Waals surface area contributed by atoms with Gasteiger partial charge in [0.2, 0.25) is 0 Å². The Balaban J connectivity index is 1.35. The van der Waals surface area contributed by atoms with Crippen molar-refractivity contribution in [3.63, 3.8) is 0 Å². The fraction of sp³-hybridized carbons (Fsp3) is 0.222. The van der Waals surface area contributed by atoms with Gasteiger partial charge in [-0.15, -0.1) is 0 Å². The van der Waals surface area contributed by atoms with Crippen LogP contribution in [0.5, 0.6) is 5.75 Å². The Morgan fingerprint density at radius 2 is 1.76 bits per heavy atom. The van der Waals surface area contributed by atoms with Crippen LogP contribution in [-0.2, 0) is 6.54 Å². The minimum Gasteiger partial charge on any atom is -0.497 e. The van der Waals surface area contributed by atoms with Crippen LogP contribution in [-0.4, -0.2) is 40.9 Å². The van der Waals surface area contributed by atoms with Crippen LogP contribution in [0.1, 0.15) is 28.9 Å². The minimum atomic E-state index is -0.229. The molecule has 0 aliphatic carbocycles. The lowest BCUT2D eigenvalue weighted by Crippen LogP contribution is -2.24. The number of para-hydroxylation sites is 1. The first-order valence-electron chi connectivity index (χ1n) is 11.5. The van der Waals surface area contributed by atoms with Crippen molar-refractivity contribution >= 4 is 11.7 Å². The molecular formula is C27H27N5O2. The smallest absolute Gasteiger partial charge is 0.272 e. The molecule has 1 saturated heterocycles. The van der Waals surface area contributed by atoms with E-state index in [2.05, 4.69) is 20.3 Å². The number of methoxy groups -OCH3 is 1. The van der Waals surface area contributed by atoms with Crippen molar-refractivity contribution in [2.75, 3.05) is 25.1 Å². The van der Waals surface area contributed by atoms with E-state index >= 15 is 0 Å². The standard InChI is InChI=1S/C27H27N5O2/c1-34-23-12-10-21(11-13-23)25-17-24(30-32(25)22-7-3-2-4-8-22)27(33)29-19-20-9-14-26(28-18-20)31-15-5-6-16-31/h2-4,7-14,17-18H,5-6,15-16,19H2,1H3,(H,29,33). The largest absolute Gasteiger partial charge is 0.497 e. The van der Waals surface area contributed by atoms with E-state index in [1.807, 2.05) is 79.0 Å². The molecule has 7 heteroatoms. The van der Waals surface area contributed by atoms with E-state index in [-0.39, 0.29) is 5.91 Å². The molecular weight excluding hydrogens is 426 g/mol. The zero-order valence-electron chi connectivity index (χ0n) is 19.1. The third-order valence-corrected chi connectivity index (χ3v) is 6.02. The number of pyridine rings is 1. The molecule has 34 heavy (non-hydrogen) atoms. The second-order valence-corrected chi connectivity index (χ2v) is 8.29. The van der Waals surface area contributed by atoms with Gasteiger partial charge in [-0.3, -0.25) is 4.79 Å². The Morgan fingerprint density at radius 1 is 1.00 bits per heavy atom. The van der Waals surface area contributed by atoms with Crippen molar-refractivity contribution in [1.29, 1.82) is 0 Å². The van der Waals surface area contributed by atoms with E-state index in [1.54, 1.807) is 11.8 Å². The summed E-state index contributed by atoms with van der Waals surface area (Å²) in [6, 6.07) is 23.4. The lowest BCUT2D eigenvalue weighted by atomic mass is 10.1. The minimum absolute atomic E-state index is 0.229. The van der Waals surface area contributed by atoms with E-state index in [9.17, 15) is 4.79 Å². The number of anilines is 1. The fourth-order valence-electron chi connectivity index (χ4n) is 4.15. The molecule has 1 aliphatic rings. The summed E-state index contributed by atoms with van der Waals surface area (Å²) < 4.78 is 7.07. The van der Waals surface area contributed by atoms with Gasteiger partial charge >= 0.3 is 0 Å². The molecule has 1 aliphatic heterocycles. The van der Waals surface area contributed by atoms with Gasteiger partial charge in [-0.1, -0.05) is 24.3 Å². The Kier molecular flexibility index (Phi) is 6.25. The summed E-state index contributed by atoms with van der Waals surface area (Å²) in [6.45, 7) is 2.51. The number of benzene rings is 2. The number of rotatable bonds is 7. The molecule has 5 rings (SSSR count). The SMILES string of the molecule is COc1ccc(-c2cc(C(=O)NCc3ccc(N4CCCC4)nc3)nn2-c2ccccc2)cc1. The van der Waals surface area contributed by atoms with Crippen molar-refractivity contribution in [1.82, 2.24) is 20.1 Å². The van der Waals surface area contributed by atoms with E-state index < -0.39 is 0 Å². The summed E-state index contributed by atoms with van der Waals surface area (Å²) in [7, 11) is 1.64. The molecule has 172 valence electrons. The molecule has 1 N–H and O–H groups in total. The summed E-state index contributed by atoms with van der Waals surface area (Å²) in [5.74, 6) is 1.54. The van der Waals surface area contributed by atoms with Crippen LogP contribution >= 0.6 is 0 Å². The van der Waals surface area contributed by atoms with Crippen LogP contribution in [0, 0.1) is 0 Å². The predicted molar refractivity (Wildman–Crippen MR) is 132 cm³/mol. The van der Waals surface area contributed by atoms with Gasteiger partial charge in [0.15, 0.2) is 5.69 Å². The van der Waals surface area contributed by atoms with Crippen molar-refractivity contribution in [2.24, 2.45) is 0 Å². The lowest BCUT2D eigenvalue weighted by Gasteiger charge is -2.16. The number of amides is 1. The molecule has 7 nitrogen and oxygen atoms in total.